The molecule has 52 valence electrons. The van der Waals surface area contributed by atoms with E-state index in [0.717, 1.165) is 19.7 Å². The zero-order valence-corrected chi connectivity index (χ0v) is 5.76. The molecule has 9 heavy (non-hydrogen) atoms. The molecular weight excluding hydrogens is 114 g/mol. The first-order chi connectivity index (χ1) is 4.43. The summed E-state index contributed by atoms with van der Waals surface area (Å²) in [5.41, 5.74) is 0. The van der Waals surface area contributed by atoms with E-state index < -0.39 is 0 Å². The molecule has 1 rings (SSSR count). The van der Waals surface area contributed by atoms with Crippen LogP contribution in [0.4, 0.5) is 0 Å². The van der Waals surface area contributed by atoms with Gasteiger partial charge in [0.2, 0.25) is 0 Å². The van der Waals surface area contributed by atoms with Crippen LogP contribution in [-0.4, -0.2) is 25.8 Å². The Morgan fingerprint density at radius 2 is 2.44 bits per heavy atom. The SMILES string of the molecule is CC=CCOC1CNC1. The van der Waals surface area contributed by atoms with Gasteiger partial charge in [-0.2, -0.15) is 0 Å². The summed E-state index contributed by atoms with van der Waals surface area (Å²) in [5.74, 6) is 0. The lowest BCUT2D eigenvalue weighted by molar-refractivity contribution is 0.0364. The standard InChI is InChI=1S/C7H13NO/c1-2-3-4-9-7-5-8-6-7/h2-3,7-8H,4-6H2,1H3. The quantitative estimate of drug-likeness (QED) is 0.559. The first kappa shape index (κ1) is 6.78. The molecule has 0 aliphatic carbocycles. The van der Waals surface area contributed by atoms with E-state index >= 15 is 0 Å². The molecule has 0 atom stereocenters. The molecule has 0 amide bonds. The molecule has 0 aromatic carbocycles. The second-order valence-corrected chi connectivity index (χ2v) is 2.18. The van der Waals surface area contributed by atoms with E-state index in [2.05, 4.69) is 5.32 Å². The van der Waals surface area contributed by atoms with Crippen molar-refractivity contribution >= 4 is 0 Å². The van der Waals surface area contributed by atoms with Crippen LogP contribution in [0.15, 0.2) is 12.2 Å². The van der Waals surface area contributed by atoms with E-state index in [1.165, 1.54) is 0 Å². The minimum Gasteiger partial charge on any atom is -0.372 e. The van der Waals surface area contributed by atoms with Crippen molar-refractivity contribution in [2.45, 2.75) is 13.0 Å². The summed E-state index contributed by atoms with van der Waals surface area (Å²) in [6.45, 7) is 4.82. The van der Waals surface area contributed by atoms with E-state index in [4.69, 9.17) is 4.74 Å². The van der Waals surface area contributed by atoms with E-state index in [0.29, 0.717) is 6.10 Å². The molecule has 0 aromatic heterocycles. The molecule has 1 aliphatic heterocycles. The van der Waals surface area contributed by atoms with Gasteiger partial charge in [-0.3, -0.25) is 0 Å². The van der Waals surface area contributed by atoms with Crippen LogP contribution in [-0.2, 0) is 4.74 Å². The highest BCUT2D eigenvalue weighted by atomic mass is 16.5. The molecule has 1 aliphatic rings. The molecule has 0 aromatic rings. The fraction of sp³-hybridized carbons (Fsp3) is 0.714. The van der Waals surface area contributed by atoms with Gasteiger partial charge in [-0.15, -0.1) is 0 Å². The van der Waals surface area contributed by atoms with E-state index in [-0.39, 0.29) is 0 Å². The average Bonchev–Trinajstić information content (AvgIpc) is 1.76. The largest absolute Gasteiger partial charge is 0.372 e. The van der Waals surface area contributed by atoms with E-state index in [1.54, 1.807) is 0 Å². The summed E-state index contributed by atoms with van der Waals surface area (Å²) in [4.78, 5) is 0. The summed E-state index contributed by atoms with van der Waals surface area (Å²) in [7, 11) is 0. The smallest absolute Gasteiger partial charge is 0.0827 e. The summed E-state index contributed by atoms with van der Waals surface area (Å²) in [6.07, 6.45) is 4.51. The topological polar surface area (TPSA) is 21.3 Å². The molecule has 1 fully saturated rings. The Morgan fingerprint density at radius 3 is 2.89 bits per heavy atom. The molecule has 1 saturated heterocycles. The molecule has 2 nitrogen and oxygen atoms in total. The fourth-order valence-corrected chi connectivity index (χ4v) is 0.668. The molecule has 1 heterocycles. The maximum atomic E-state index is 5.37. The van der Waals surface area contributed by atoms with Gasteiger partial charge in [0.15, 0.2) is 0 Å². The van der Waals surface area contributed by atoms with Gasteiger partial charge in [0.25, 0.3) is 0 Å². The molecule has 0 unspecified atom stereocenters. The summed E-state index contributed by atoms with van der Waals surface area (Å²) < 4.78 is 5.37. The number of ether oxygens (including phenoxy) is 1. The van der Waals surface area contributed by atoms with Crippen LogP contribution < -0.4 is 5.32 Å². The fourth-order valence-electron chi connectivity index (χ4n) is 0.668. The van der Waals surface area contributed by atoms with Crippen molar-refractivity contribution in [1.82, 2.24) is 5.32 Å². The minimum absolute atomic E-state index is 0.473. The first-order valence-electron chi connectivity index (χ1n) is 3.37. The van der Waals surface area contributed by atoms with Crippen molar-refractivity contribution in [2.24, 2.45) is 0 Å². The number of hydrogen-bond donors (Lipinski definition) is 1. The average molecular weight is 127 g/mol. The second-order valence-electron chi connectivity index (χ2n) is 2.18. The predicted octanol–water partition coefficient (Wildman–Crippen LogP) is 0.551. The molecule has 0 saturated carbocycles. The molecule has 1 N–H and O–H groups in total. The third kappa shape index (κ3) is 2.16. The van der Waals surface area contributed by atoms with E-state index in [9.17, 15) is 0 Å². The van der Waals surface area contributed by atoms with Crippen molar-refractivity contribution in [1.29, 1.82) is 0 Å². The van der Waals surface area contributed by atoms with Crippen LogP contribution in [0.25, 0.3) is 0 Å². The van der Waals surface area contributed by atoms with Gasteiger partial charge in [-0.1, -0.05) is 12.2 Å². The summed E-state index contributed by atoms with van der Waals surface area (Å²) in [5, 5.41) is 3.14. The van der Waals surface area contributed by atoms with Gasteiger partial charge in [0, 0.05) is 13.1 Å². The third-order valence-electron chi connectivity index (χ3n) is 1.41. The highest BCUT2D eigenvalue weighted by molar-refractivity contribution is 4.80. The van der Waals surface area contributed by atoms with Crippen LogP contribution in [0.5, 0.6) is 0 Å². The summed E-state index contributed by atoms with van der Waals surface area (Å²) in [6, 6.07) is 0. The van der Waals surface area contributed by atoms with Gasteiger partial charge in [0.05, 0.1) is 12.7 Å². The Morgan fingerprint density at radius 1 is 1.67 bits per heavy atom. The number of allylic oxidation sites excluding steroid dienone is 1. The zero-order chi connectivity index (χ0) is 6.53. The first-order valence-corrected chi connectivity index (χ1v) is 3.37. The molecule has 0 spiro atoms. The normalized spacial score (nSPS) is 20.6. The zero-order valence-electron chi connectivity index (χ0n) is 5.76. The van der Waals surface area contributed by atoms with Gasteiger partial charge >= 0.3 is 0 Å². The number of rotatable bonds is 3. The number of hydrogen-bond acceptors (Lipinski definition) is 2. The maximum absolute atomic E-state index is 5.37. The van der Waals surface area contributed by atoms with Crippen LogP contribution in [0.2, 0.25) is 0 Å². The van der Waals surface area contributed by atoms with Gasteiger partial charge in [-0.25, -0.2) is 0 Å². The highest BCUT2D eigenvalue weighted by Crippen LogP contribution is 1.96. The van der Waals surface area contributed by atoms with E-state index in [1.807, 2.05) is 19.1 Å². The van der Waals surface area contributed by atoms with Crippen LogP contribution in [0, 0.1) is 0 Å². The van der Waals surface area contributed by atoms with Crippen LogP contribution in [0.3, 0.4) is 0 Å². The van der Waals surface area contributed by atoms with Gasteiger partial charge < -0.3 is 10.1 Å². The van der Waals surface area contributed by atoms with Crippen molar-refractivity contribution in [2.75, 3.05) is 19.7 Å². The molecular formula is C7H13NO. The Kier molecular flexibility index (Phi) is 2.74. The third-order valence-corrected chi connectivity index (χ3v) is 1.41. The molecule has 0 radical (unpaired) electrons. The monoisotopic (exact) mass is 127 g/mol. The molecule has 2 heteroatoms. The Balaban J connectivity index is 1.91. The predicted molar refractivity (Wildman–Crippen MR) is 37.4 cm³/mol. The van der Waals surface area contributed by atoms with Crippen LogP contribution in [0.1, 0.15) is 6.92 Å². The van der Waals surface area contributed by atoms with Crippen molar-refractivity contribution in [3.05, 3.63) is 12.2 Å². The summed E-state index contributed by atoms with van der Waals surface area (Å²) >= 11 is 0. The van der Waals surface area contributed by atoms with Crippen molar-refractivity contribution in [3.8, 4) is 0 Å². The Hall–Kier alpha value is -0.340. The van der Waals surface area contributed by atoms with Gasteiger partial charge in [0.1, 0.15) is 0 Å². The highest BCUT2D eigenvalue weighted by Gasteiger charge is 2.15. The number of nitrogens with one attached hydrogen (secondary N) is 1. The lowest BCUT2D eigenvalue weighted by Crippen LogP contribution is -2.48. The van der Waals surface area contributed by atoms with Crippen molar-refractivity contribution in [3.63, 3.8) is 0 Å². The van der Waals surface area contributed by atoms with Crippen molar-refractivity contribution < 1.29 is 4.74 Å². The maximum Gasteiger partial charge on any atom is 0.0827 e. The lowest BCUT2D eigenvalue weighted by atomic mass is 10.2. The Bertz CT molecular complexity index is 97.1. The Labute approximate surface area is 55.9 Å². The minimum atomic E-state index is 0.473. The lowest BCUT2D eigenvalue weighted by Gasteiger charge is -2.26. The second kappa shape index (κ2) is 3.64. The van der Waals surface area contributed by atoms with Crippen LogP contribution >= 0.6 is 0 Å². The van der Waals surface area contributed by atoms with Gasteiger partial charge in [-0.05, 0) is 6.92 Å². The molecule has 0 bridgehead atoms.